The number of likely N-dealkylation sites (N-methyl/N-ethyl adjacent to an activating group) is 1. The number of halogens is 1. The van der Waals surface area contributed by atoms with Crippen LogP contribution in [0, 0.1) is 0 Å². The van der Waals surface area contributed by atoms with Crippen LogP contribution < -0.4 is 10.2 Å². The Balaban J connectivity index is 0.00000200. The summed E-state index contributed by atoms with van der Waals surface area (Å²) in [5.41, 5.74) is 1.05. The van der Waals surface area contributed by atoms with Crippen molar-refractivity contribution in [2.45, 2.75) is 32.9 Å². The highest BCUT2D eigenvalue weighted by molar-refractivity contribution is 7.14. The third kappa shape index (κ3) is 4.15. The lowest BCUT2D eigenvalue weighted by Gasteiger charge is -2.22. The Labute approximate surface area is 130 Å². The maximum Gasteiger partial charge on any atom is 0.225 e. The second-order valence-electron chi connectivity index (χ2n) is 4.95. The normalized spacial score (nSPS) is 18.1. The molecule has 1 unspecified atom stereocenters. The summed E-state index contributed by atoms with van der Waals surface area (Å²) in [6.07, 6.45) is 1.20. The van der Waals surface area contributed by atoms with Gasteiger partial charge < -0.3 is 5.32 Å². The largest absolute Gasteiger partial charge is 0.315 e. The van der Waals surface area contributed by atoms with Gasteiger partial charge in [-0.25, -0.2) is 4.98 Å². The number of hydrogen-bond acceptors (Lipinski definition) is 5. The summed E-state index contributed by atoms with van der Waals surface area (Å²) < 4.78 is 0. The molecule has 1 fully saturated rings. The monoisotopic (exact) mass is 318 g/mol. The van der Waals surface area contributed by atoms with Gasteiger partial charge in [0.1, 0.15) is 0 Å². The molecule has 2 heterocycles. The van der Waals surface area contributed by atoms with Crippen molar-refractivity contribution in [2.75, 3.05) is 31.6 Å². The maximum absolute atomic E-state index is 11.5. The summed E-state index contributed by atoms with van der Waals surface area (Å²) in [6.45, 7) is 7.23. The summed E-state index contributed by atoms with van der Waals surface area (Å²) in [7, 11) is 2.14. The third-order valence-electron chi connectivity index (χ3n) is 3.54. The summed E-state index contributed by atoms with van der Waals surface area (Å²) in [4.78, 5) is 20.1. The van der Waals surface area contributed by atoms with Crippen LogP contribution in [0.3, 0.4) is 0 Å². The Morgan fingerprint density at radius 1 is 1.60 bits per heavy atom. The van der Waals surface area contributed by atoms with Crippen molar-refractivity contribution in [3.8, 4) is 0 Å². The van der Waals surface area contributed by atoms with E-state index in [0.717, 1.165) is 30.5 Å². The number of nitrogens with zero attached hydrogens (tertiary/aromatic N) is 3. The van der Waals surface area contributed by atoms with E-state index in [9.17, 15) is 4.79 Å². The molecular formula is C13H23ClN4OS. The van der Waals surface area contributed by atoms with E-state index in [1.54, 1.807) is 23.2 Å². The molecule has 0 radical (unpaired) electrons. The lowest BCUT2D eigenvalue weighted by Crippen LogP contribution is -2.33. The van der Waals surface area contributed by atoms with Crippen LogP contribution in [0.4, 0.5) is 5.13 Å². The number of thiazole rings is 1. The number of anilines is 1. The quantitative estimate of drug-likeness (QED) is 0.898. The first-order valence-electron chi connectivity index (χ1n) is 6.75. The summed E-state index contributed by atoms with van der Waals surface area (Å²) >= 11 is 1.55. The van der Waals surface area contributed by atoms with Crippen LogP contribution in [0.1, 0.15) is 26.0 Å². The Bertz CT molecular complexity index is 434. The van der Waals surface area contributed by atoms with Gasteiger partial charge in [-0.15, -0.1) is 23.7 Å². The Morgan fingerprint density at radius 2 is 2.35 bits per heavy atom. The van der Waals surface area contributed by atoms with Gasteiger partial charge in [-0.1, -0.05) is 0 Å². The molecule has 0 bridgehead atoms. The van der Waals surface area contributed by atoms with E-state index in [4.69, 9.17) is 0 Å². The van der Waals surface area contributed by atoms with Gasteiger partial charge in [0.15, 0.2) is 5.13 Å². The second-order valence-corrected chi connectivity index (χ2v) is 5.78. The highest BCUT2D eigenvalue weighted by atomic mass is 35.5. The molecule has 114 valence electrons. The molecular weight excluding hydrogens is 296 g/mol. The lowest BCUT2D eigenvalue weighted by atomic mass is 10.2. The smallest absolute Gasteiger partial charge is 0.225 e. The molecule has 2 rings (SSSR count). The van der Waals surface area contributed by atoms with Crippen molar-refractivity contribution in [3.63, 3.8) is 0 Å². The predicted octanol–water partition coefficient (Wildman–Crippen LogP) is 1.73. The molecule has 0 aromatic carbocycles. The van der Waals surface area contributed by atoms with E-state index in [1.807, 2.05) is 6.92 Å². The number of carbonyl (C=O) groups excluding carboxylic acids is 1. The zero-order valence-corrected chi connectivity index (χ0v) is 13.9. The van der Waals surface area contributed by atoms with Crippen molar-refractivity contribution >= 4 is 34.8 Å². The summed E-state index contributed by atoms with van der Waals surface area (Å²) in [6, 6.07) is 0.597. The highest BCUT2D eigenvalue weighted by Gasteiger charge is 2.20. The van der Waals surface area contributed by atoms with Crippen LogP contribution in [-0.2, 0) is 11.3 Å². The minimum Gasteiger partial charge on any atom is -0.315 e. The number of aromatic nitrogens is 1. The first-order valence-corrected chi connectivity index (χ1v) is 7.63. The predicted molar refractivity (Wildman–Crippen MR) is 85.8 cm³/mol. The molecule has 7 heteroatoms. The number of hydrogen-bond donors (Lipinski definition) is 1. The summed E-state index contributed by atoms with van der Waals surface area (Å²) in [5, 5.41) is 6.24. The first-order chi connectivity index (χ1) is 9.11. The molecule has 1 atom stereocenters. The van der Waals surface area contributed by atoms with Crippen LogP contribution in [0.5, 0.6) is 0 Å². The zero-order chi connectivity index (χ0) is 13.8. The van der Waals surface area contributed by atoms with Gasteiger partial charge in [-0.05, 0) is 26.9 Å². The molecule has 20 heavy (non-hydrogen) atoms. The molecule has 1 aromatic heterocycles. The minimum atomic E-state index is 0. The van der Waals surface area contributed by atoms with Gasteiger partial charge in [-0.2, -0.15) is 0 Å². The fourth-order valence-electron chi connectivity index (χ4n) is 2.39. The van der Waals surface area contributed by atoms with E-state index in [2.05, 4.69) is 27.6 Å². The molecule has 5 nitrogen and oxygen atoms in total. The van der Waals surface area contributed by atoms with Crippen molar-refractivity contribution in [1.29, 1.82) is 0 Å². The van der Waals surface area contributed by atoms with Crippen molar-refractivity contribution in [1.82, 2.24) is 15.2 Å². The van der Waals surface area contributed by atoms with Gasteiger partial charge >= 0.3 is 0 Å². The third-order valence-corrected chi connectivity index (χ3v) is 4.45. The zero-order valence-electron chi connectivity index (χ0n) is 12.3. The van der Waals surface area contributed by atoms with Gasteiger partial charge in [-0.3, -0.25) is 14.6 Å². The molecule has 1 saturated heterocycles. The number of amides is 1. The van der Waals surface area contributed by atoms with Crippen LogP contribution in [0.2, 0.25) is 0 Å². The Kier molecular flexibility index (Phi) is 6.88. The van der Waals surface area contributed by atoms with Gasteiger partial charge in [0.05, 0.1) is 5.69 Å². The lowest BCUT2D eigenvalue weighted by molar-refractivity contribution is -0.116. The van der Waals surface area contributed by atoms with E-state index in [0.29, 0.717) is 12.6 Å². The van der Waals surface area contributed by atoms with Crippen LogP contribution in [-0.4, -0.2) is 48.5 Å². The molecule has 0 spiro atoms. The number of nitrogens with one attached hydrogen (secondary N) is 1. The van der Waals surface area contributed by atoms with E-state index in [-0.39, 0.29) is 18.3 Å². The molecule has 1 aliphatic rings. The van der Waals surface area contributed by atoms with Crippen molar-refractivity contribution in [2.24, 2.45) is 0 Å². The molecule has 0 aliphatic carbocycles. The average molecular weight is 319 g/mol. The van der Waals surface area contributed by atoms with E-state index in [1.165, 1.54) is 6.42 Å². The van der Waals surface area contributed by atoms with Crippen molar-refractivity contribution < 1.29 is 4.79 Å². The van der Waals surface area contributed by atoms with Crippen LogP contribution in [0.15, 0.2) is 5.38 Å². The van der Waals surface area contributed by atoms with E-state index >= 15 is 0 Å². The van der Waals surface area contributed by atoms with Crippen LogP contribution >= 0.6 is 23.7 Å². The topological polar surface area (TPSA) is 48.5 Å². The molecule has 1 amide bonds. The summed E-state index contributed by atoms with van der Waals surface area (Å²) in [5.74, 6) is 0.0525. The van der Waals surface area contributed by atoms with E-state index < -0.39 is 0 Å². The standard InChI is InChI=1S/C13H22N4OS.ClH/c1-4-17(10(2)18)13-15-11(9-19-13)8-16(3)12-5-6-14-7-12;/h9,12,14H,4-8H2,1-3H3;1H. The Morgan fingerprint density at radius 3 is 2.90 bits per heavy atom. The average Bonchev–Trinajstić information content (AvgIpc) is 3.00. The fraction of sp³-hybridized carbons (Fsp3) is 0.692. The fourth-order valence-corrected chi connectivity index (χ4v) is 3.31. The Hall–Kier alpha value is -0.690. The van der Waals surface area contributed by atoms with Gasteiger partial charge in [0, 0.05) is 38.0 Å². The van der Waals surface area contributed by atoms with Gasteiger partial charge in [0.25, 0.3) is 0 Å². The maximum atomic E-state index is 11.5. The number of rotatable bonds is 5. The van der Waals surface area contributed by atoms with Crippen molar-refractivity contribution in [3.05, 3.63) is 11.1 Å². The molecule has 0 saturated carbocycles. The SMILES string of the molecule is CCN(C(C)=O)c1nc(CN(C)C2CCNC2)cs1.Cl. The highest BCUT2D eigenvalue weighted by Crippen LogP contribution is 2.22. The first kappa shape index (κ1) is 17.4. The molecule has 1 aliphatic heterocycles. The second kappa shape index (κ2) is 7.93. The van der Waals surface area contributed by atoms with Gasteiger partial charge in [0.2, 0.25) is 5.91 Å². The molecule has 1 aromatic rings. The minimum absolute atomic E-state index is 0. The van der Waals surface area contributed by atoms with Crippen LogP contribution in [0.25, 0.3) is 0 Å². The molecule has 1 N–H and O–H groups in total. The number of carbonyl (C=O) groups is 1.